The third-order valence-electron chi connectivity index (χ3n) is 3.34. The summed E-state index contributed by atoms with van der Waals surface area (Å²) >= 11 is 0. The number of carbonyl (C=O) groups is 1. The number of likely N-dealkylation sites (N-methyl/N-ethyl adjacent to an activating group) is 1. The van der Waals surface area contributed by atoms with E-state index in [0.717, 1.165) is 22.7 Å². The highest BCUT2D eigenvalue weighted by Crippen LogP contribution is 2.29. The lowest BCUT2D eigenvalue weighted by atomic mass is 10.1. The Kier molecular flexibility index (Phi) is 2.99. The van der Waals surface area contributed by atoms with Crippen LogP contribution in [0.2, 0.25) is 0 Å². The number of nitrogens with zero attached hydrogens (tertiary/aromatic N) is 2. The van der Waals surface area contributed by atoms with Crippen LogP contribution in [-0.2, 0) is 4.79 Å². The second-order valence-electron chi connectivity index (χ2n) is 4.54. The van der Waals surface area contributed by atoms with Crippen molar-refractivity contribution in [3.05, 3.63) is 54.1 Å². The number of ether oxygens (including phenoxy) is 1. The maximum atomic E-state index is 12.3. The molecule has 4 heteroatoms. The van der Waals surface area contributed by atoms with Crippen molar-refractivity contribution in [2.45, 2.75) is 0 Å². The smallest absolute Gasteiger partial charge is 0.277 e. The molecule has 0 unspecified atom stereocenters. The number of fused-ring (bicyclic) bond motifs is 1. The van der Waals surface area contributed by atoms with Crippen LogP contribution in [0.5, 0.6) is 5.75 Å². The van der Waals surface area contributed by atoms with E-state index >= 15 is 0 Å². The summed E-state index contributed by atoms with van der Waals surface area (Å²) in [6, 6.07) is 15.0. The molecule has 0 spiro atoms. The van der Waals surface area contributed by atoms with Gasteiger partial charge in [0.1, 0.15) is 11.5 Å². The van der Waals surface area contributed by atoms with Crippen molar-refractivity contribution < 1.29 is 9.53 Å². The van der Waals surface area contributed by atoms with Gasteiger partial charge in [-0.25, -0.2) is 4.99 Å². The minimum Gasteiger partial charge on any atom is -0.497 e. The summed E-state index contributed by atoms with van der Waals surface area (Å²) in [6.07, 6.45) is 0. The number of hydrogen-bond acceptors (Lipinski definition) is 3. The van der Waals surface area contributed by atoms with Gasteiger partial charge in [-0.05, 0) is 30.3 Å². The van der Waals surface area contributed by atoms with Crippen molar-refractivity contribution >= 4 is 23.0 Å². The molecule has 2 aromatic rings. The normalized spacial score (nSPS) is 15.6. The molecule has 100 valence electrons. The van der Waals surface area contributed by atoms with Gasteiger partial charge >= 0.3 is 0 Å². The van der Waals surface area contributed by atoms with Crippen molar-refractivity contribution in [3.8, 4) is 5.75 Å². The predicted molar refractivity (Wildman–Crippen MR) is 79.0 cm³/mol. The Balaban J connectivity index is 2.04. The Bertz CT molecular complexity index is 690. The zero-order valence-corrected chi connectivity index (χ0v) is 11.3. The van der Waals surface area contributed by atoms with E-state index in [0.29, 0.717) is 5.71 Å². The second-order valence-corrected chi connectivity index (χ2v) is 4.54. The fourth-order valence-corrected chi connectivity index (χ4v) is 2.24. The molecule has 3 rings (SSSR count). The van der Waals surface area contributed by atoms with Crippen LogP contribution in [0.3, 0.4) is 0 Å². The van der Waals surface area contributed by atoms with E-state index in [1.807, 2.05) is 48.5 Å². The highest BCUT2D eigenvalue weighted by atomic mass is 16.5. The molecule has 20 heavy (non-hydrogen) atoms. The van der Waals surface area contributed by atoms with Crippen LogP contribution in [0.25, 0.3) is 0 Å². The molecule has 0 aliphatic carbocycles. The molecule has 0 N–H and O–H groups in total. The summed E-state index contributed by atoms with van der Waals surface area (Å²) in [5, 5.41) is 0. The number of carbonyl (C=O) groups excluding carboxylic acids is 1. The molecule has 0 fully saturated rings. The number of anilines is 1. The Morgan fingerprint density at radius 1 is 1.05 bits per heavy atom. The zero-order valence-electron chi connectivity index (χ0n) is 11.3. The number of methoxy groups -OCH3 is 1. The van der Waals surface area contributed by atoms with E-state index in [1.165, 1.54) is 0 Å². The molecule has 0 aromatic heterocycles. The second kappa shape index (κ2) is 4.81. The molecule has 1 amide bonds. The first-order chi connectivity index (χ1) is 9.70. The van der Waals surface area contributed by atoms with Crippen LogP contribution in [0.15, 0.2) is 53.5 Å². The lowest BCUT2D eigenvalue weighted by Gasteiger charge is -2.07. The van der Waals surface area contributed by atoms with E-state index in [1.54, 1.807) is 19.1 Å². The van der Waals surface area contributed by atoms with Crippen LogP contribution in [0.4, 0.5) is 11.4 Å². The third-order valence-corrected chi connectivity index (χ3v) is 3.34. The van der Waals surface area contributed by atoms with E-state index in [2.05, 4.69) is 4.99 Å². The molecule has 1 aliphatic heterocycles. The van der Waals surface area contributed by atoms with Crippen LogP contribution in [0.1, 0.15) is 5.56 Å². The van der Waals surface area contributed by atoms with Crippen molar-refractivity contribution in [3.63, 3.8) is 0 Å². The number of benzene rings is 2. The summed E-state index contributed by atoms with van der Waals surface area (Å²) in [4.78, 5) is 18.4. The SMILES string of the molecule is COc1ccc(N=C2C(=O)N(C)c3ccccc32)cc1. The van der Waals surface area contributed by atoms with Crippen LogP contribution in [-0.4, -0.2) is 25.8 Å². The first-order valence-corrected chi connectivity index (χ1v) is 6.31. The summed E-state index contributed by atoms with van der Waals surface area (Å²) in [5.74, 6) is 0.686. The summed E-state index contributed by atoms with van der Waals surface area (Å²) in [5.41, 5.74) is 2.98. The molecule has 0 atom stereocenters. The molecular weight excluding hydrogens is 252 g/mol. The molecular formula is C16H14N2O2. The fourth-order valence-electron chi connectivity index (χ4n) is 2.24. The van der Waals surface area contributed by atoms with Gasteiger partial charge in [0.2, 0.25) is 0 Å². The zero-order chi connectivity index (χ0) is 14.1. The van der Waals surface area contributed by atoms with Gasteiger partial charge in [0.25, 0.3) is 5.91 Å². The molecule has 0 saturated heterocycles. The maximum absolute atomic E-state index is 12.3. The van der Waals surface area contributed by atoms with Crippen LogP contribution < -0.4 is 9.64 Å². The van der Waals surface area contributed by atoms with Crippen molar-refractivity contribution in [2.75, 3.05) is 19.1 Å². The van der Waals surface area contributed by atoms with Gasteiger partial charge in [0, 0.05) is 12.6 Å². The molecule has 0 bridgehead atoms. The molecule has 1 aliphatic rings. The van der Waals surface area contributed by atoms with Crippen molar-refractivity contribution in [2.24, 2.45) is 4.99 Å². The van der Waals surface area contributed by atoms with Gasteiger partial charge in [-0.3, -0.25) is 4.79 Å². The first kappa shape index (κ1) is 12.4. The maximum Gasteiger partial charge on any atom is 0.277 e. The summed E-state index contributed by atoms with van der Waals surface area (Å²) < 4.78 is 5.11. The molecule has 1 heterocycles. The summed E-state index contributed by atoms with van der Waals surface area (Å²) in [6.45, 7) is 0. The average molecular weight is 266 g/mol. The van der Waals surface area contributed by atoms with Gasteiger partial charge in [-0.2, -0.15) is 0 Å². The number of para-hydroxylation sites is 1. The summed E-state index contributed by atoms with van der Waals surface area (Å²) in [7, 11) is 3.38. The van der Waals surface area contributed by atoms with Crippen LogP contribution >= 0.6 is 0 Å². The number of amides is 1. The van der Waals surface area contributed by atoms with Gasteiger partial charge in [0.05, 0.1) is 18.5 Å². The van der Waals surface area contributed by atoms with Crippen molar-refractivity contribution in [1.29, 1.82) is 0 Å². The minimum absolute atomic E-state index is 0.0815. The third kappa shape index (κ3) is 1.95. The van der Waals surface area contributed by atoms with Gasteiger partial charge in [0.15, 0.2) is 0 Å². The Labute approximate surface area is 117 Å². The van der Waals surface area contributed by atoms with E-state index in [-0.39, 0.29) is 5.91 Å². The average Bonchev–Trinajstić information content (AvgIpc) is 2.74. The number of rotatable bonds is 2. The van der Waals surface area contributed by atoms with Gasteiger partial charge < -0.3 is 9.64 Å². The van der Waals surface area contributed by atoms with E-state index < -0.39 is 0 Å². The highest BCUT2D eigenvalue weighted by molar-refractivity contribution is 6.54. The van der Waals surface area contributed by atoms with E-state index in [4.69, 9.17) is 4.74 Å². The van der Waals surface area contributed by atoms with Gasteiger partial charge in [-0.15, -0.1) is 0 Å². The van der Waals surface area contributed by atoms with Crippen molar-refractivity contribution in [1.82, 2.24) is 0 Å². The first-order valence-electron chi connectivity index (χ1n) is 6.31. The van der Waals surface area contributed by atoms with E-state index in [9.17, 15) is 4.79 Å². The Morgan fingerprint density at radius 2 is 1.75 bits per heavy atom. The van der Waals surface area contributed by atoms with Gasteiger partial charge in [-0.1, -0.05) is 18.2 Å². The molecule has 0 saturated carbocycles. The lowest BCUT2D eigenvalue weighted by molar-refractivity contribution is -0.111. The number of hydrogen-bond donors (Lipinski definition) is 0. The molecule has 0 radical (unpaired) electrons. The minimum atomic E-state index is -0.0815. The quantitative estimate of drug-likeness (QED) is 0.838. The lowest BCUT2D eigenvalue weighted by Crippen LogP contribution is -2.25. The highest BCUT2D eigenvalue weighted by Gasteiger charge is 2.30. The Morgan fingerprint density at radius 3 is 2.45 bits per heavy atom. The largest absolute Gasteiger partial charge is 0.497 e. The molecule has 4 nitrogen and oxygen atoms in total. The topological polar surface area (TPSA) is 41.9 Å². The number of aliphatic imine (C=N–C) groups is 1. The standard InChI is InChI=1S/C16H14N2O2/c1-18-14-6-4-3-5-13(14)15(16(18)19)17-11-7-9-12(20-2)10-8-11/h3-10H,1-2H3. The predicted octanol–water partition coefficient (Wildman–Crippen LogP) is 2.79. The van der Waals surface area contributed by atoms with Crippen LogP contribution in [0, 0.1) is 0 Å². The fraction of sp³-hybridized carbons (Fsp3) is 0.125. The Hall–Kier alpha value is -2.62. The molecule has 2 aromatic carbocycles. The monoisotopic (exact) mass is 266 g/mol.